The number of alkyl halides is 3. The Balaban J connectivity index is 2.69. The van der Waals surface area contributed by atoms with Crippen LogP contribution in [0.3, 0.4) is 0 Å². The number of rotatable bonds is 4. The molecule has 0 aliphatic carbocycles. The molecule has 8 heteroatoms. The first-order valence-corrected chi connectivity index (χ1v) is 6.09. The van der Waals surface area contributed by atoms with Crippen molar-refractivity contribution in [2.45, 2.75) is 26.1 Å². The first-order valence-electron chi connectivity index (χ1n) is 6.09. The van der Waals surface area contributed by atoms with Gasteiger partial charge in [0.1, 0.15) is 6.04 Å². The summed E-state index contributed by atoms with van der Waals surface area (Å²) in [6, 6.07) is 1.95. The predicted molar refractivity (Wildman–Crippen MR) is 69.9 cm³/mol. The van der Waals surface area contributed by atoms with Crippen LogP contribution in [0.5, 0.6) is 0 Å². The summed E-state index contributed by atoms with van der Waals surface area (Å²) in [5.41, 5.74) is -0.701. The molecule has 0 radical (unpaired) electrons. The number of benzene rings is 1. The number of carbonyl (C=O) groups excluding carboxylic acids is 1. The van der Waals surface area contributed by atoms with E-state index in [1.54, 1.807) is 13.8 Å². The lowest BCUT2D eigenvalue weighted by Gasteiger charge is -2.18. The molecular formula is C13H15F3N2O3. The van der Waals surface area contributed by atoms with E-state index < -0.39 is 29.8 Å². The average Bonchev–Trinajstić information content (AvgIpc) is 2.34. The highest BCUT2D eigenvalue weighted by molar-refractivity contribution is 5.92. The Bertz CT molecular complexity index is 512. The van der Waals surface area contributed by atoms with E-state index in [0.717, 1.165) is 24.3 Å². The Morgan fingerprint density at radius 3 is 2.05 bits per heavy atom. The van der Waals surface area contributed by atoms with Crippen molar-refractivity contribution in [3.8, 4) is 0 Å². The summed E-state index contributed by atoms with van der Waals surface area (Å²) >= 11 is 0. The normalized spacial score (nSPS) is 12.9. The van der Waals surface area contributed by atoms with Crippen LogP contribution in [0.2, 0.25) is 0 Å². The highest BCUT2D eigenvalue weighted by Gasteiger charge is 2.30. The van der Waals surface area contributed by atoms with Crippen LogP contribution in [-0.4, -0.2) is 23.1 Å². The third-order valence-electron chi connectivity index (χ3n) is 2.69. The summed E-state index contributed by atoms with van der Waals surface area (Å²) in [4.78, 5) is 22.5. The first-order chi connectivity index (χ1) is 9.61. The lowest BCUT2D eigenvalue weighted by molar-refractivity contribution is -0.140. The van der Waals surface area contributed by atoms with Crippen molar-refractivity contribution < 1.29 is 27.9 Å². The number of carbonyl (C=O) groups is 2. The molecule has 21 heavy (non-hydrogen) atoms. The van der Waals surface area contributed by atoms with Gasteiger partial charge in [-0.25, -0.2) is 9.59 Å². The fourth-order valence-electron chi connectivity index (χ4n) is 1.56. The van der Waals surface area contributed by atoms with Crippen molar-refractivity contribution >= 4 is 17.7 Å². The van der Waals surface area contributed by atoms with Crippen molar-refractivity contribution in [3.05, 3.63) is 29.8 Å². The van der Waals surface area contributed by atoms with Gasteiger partial charge in [-0.1, -0.05) is 13.8 Å². The second-order valence-electron chi connectivity index (χ2n) is 4.73. The van der Waals surface area contributed by atoms with Crippen molar-refractivity contribution in [3.63, 3.8) is 0 Å². The number of halogens is 3. The Kier molecular flexibility index (Phi) is 5.17. The second kappa shape index (κ2) is 6.47. The van der Waals surface area contributed by atoms with Crippen molar-refractivity contribution in [1.29, 1.82) is 0 Å². The fourth-order valence-corrected chi connectivity index (χ4v) is 1.56. The van der Waals surface area contributed by atoms with E-state index in [9.17, 15) is 22.8 Å². The molecule has 0 spiro atoms. The zero-order valence-corrected chi connectivity index (χ0v) is 11.4. The van der Waals surface area contributed by atoms with Gasteiger partial charge in [0, 0.05) is 5.69 Å². The molecule has 1 rings (SSSR count). The van der Waals surface area contributed by atoms with Gasteiger partial charge in [-0.2, -0.15) is 13.2 Å². The van der Waals surface area contributed by atoms with E-state index in [1.165, 1.54) is 0 Å². The molecule has 0 unspecified atom stereocenters. The van der Waals surface area contributed by atoms with E-state index in [0.29, 0.717) is 0 Å². The Hall–Kier alpha value is -2.25. The van der Waals surface area contributed by atoms with Crippen LogP contribution < -0.4 is 10.6 Å². The van der Waals surface area contributed by atoms with Crippen LogP contribution in [0, 0.1) is 5.92 Å². The zero-order chi connectivity index (χ0) is 16.2. The van der Waals surface area contributed by atoms with E-state index in [2.05, 4.69) is 10.6 Å². The number of carboxylic acids is 1. The van der Waals surface area contributed by atoms with Gasteiger partial charge in [-0.15, -0.1) is 0 Å². The molecule has 0 bridgehead atoms. The van der Waals surface area contributed by atoms with Gasteiger partial charge in [-0.05, 0) is 30.2 Å². The SMILES string of the molecule is CC(C)[C@H](NC(=O)Nc1ccc(C(F)(F)F)cc1)C(=O)O. The molecule has 5 nitrogen and oxygen atoms in total. The largest absolute Gasteiger partial charge is 0.480 e. The Morgan fingerprint density at radius 2 is 1.67 bits per heavy atom. The third kappa shape index (κ3) is 4.97. The molecule has 0 saturated carbocycles. The smallest absolute Gasteiger partial charge is 0.416 e. The quantitative estimate of drug-likeness (QED) is 0.800. The molecule has 0 aliphatic rings. The molecule has 1 atom stereocenters. The topological polar surface area (TPSA) is 78.4 Å². The van der Waals surface area contributed by atoms with Gasteiger partial charge < -0.3 is 15.7 Å². The van der Waals surface area contributed by atoms with Crippen LogP contribution in [0.4, 0.5) is 23.7 Å². The van der Waals surface area contributed by atoms with Crippen molar-refractivity contribution in [1.82, 2.24) is 5.32 Å². The minimum absolute atomic E-state index is 0.133. The lowest BCUT2D eigenvalue weighted by Crippen LogP contribution is -2.46. The van der Waals surface area contributed by atoms with Gasteiger partial charge in [0.2, 0.25) is 0 Å². The number of urea groups is 1. The van der Waals surface area contributed by atoms with Crippen LogP contribution in [-0.2, 0) is 11.0 Å². The lowest BCUT2D eigenvalue weighted by atomic mass is 10.1. The van der Waals surface area contributed by atoms with Gasteiger partial charge in [0.05, 0.1) is 5.56 Å². The fraction of sp³-hybridized carbons (Fsp3) is 0.385. The number of hydrogen-bond acceptors (Lipinski definition) is 2. The van der Waals surface area contributed by atoms with Gasteiger partial charge in [0.15, 0.2) is 0 Å². The zero-order valence-electron chi connectivity index (χ0n) is 11.4. The van der Waals surface area contributed by atoms with Crippen LogP contribution in [0.1, 0.15) is 19.4 Å². The number of amides is 2. The number of nitrogens with one attached hydrogen (secondary N) is 2. The summed E-state index contributed by atoms with van der Waals surface area (Å²) in [6.07, 6.45) is -4.45. The molecule has 0 heterocycles. The van der Waals surface area contributed by atoms with E-state index in [4.69, 9.17) is 5.11 Å². The van der Waals surface area contributed by atoms with Crippen LogP contribution in [0.15, 0.2) is 24.3 Å². The van der Waals surface area contributed by atoms with Crippen molar-refractivity contribution in [2.75, 3.05) is 5.32 Å². The highest BCUT2D eigenvalue weighted by Crippen LogP contribution is 2.29. The summed E-state index contributed by atoms with van der Waals surface area (Å²) < 4.78 is 37.1. The number of anilines is 1. The van der Waals surface area contributed by atoms with Gasteiger partial charge in [0.25, 0.3) is 0 Å². The van der Waals surface area contributed by atoms with Gasteiger partial charge >= 0.3 is 18.2 Å². The predicted octanol–water partition coefficient (Wildman–Crippen LogP) is 2.94. The Labute approximate surface area is 119 Å². The molecule has 0 aliphatic heterocycles. The minimum atomic E-state index is -4.45. The van der Waals surface area contributed by atoms with E-state index >= 15 is 0 Å². The summed E-state index contributed by atoms with van der Waals surface area (Å²) in [5, 5.41) is 13.4. The maximum Gasteiger partial charge on any atom is 0.416 e. The number of carboxylic acid groups (broad SMARTS) is 1. The minimum Gasteiger partial charge on any atom is -0.480 e. The monoisotopic (exact) mass is 304 g/mol. The third-order valence-corrected chi connectivity index (χ3v) is 2.69. The highest BCUT2D eigenvalue weighted by atomic mass is 19.4. The standard InChI is InChI=1S/C13H15F3N2O3/c1-7(2)10(11(19)20)18-12(21)17-9-5-3-8(4-6-9)13(14,15)16/h3-7,10H,1-2H3,(H,19,20)(H2,17,18,21)/t10-/m0/s1. The summed E-state index contributed by atoms with van der Waals surface area (Å²) in [5.74, 6) is -1.52. The number of aliphatic carboxylic acids is 1. The molecule has 116 valence electrons. The molecule has 0 fully saturated rings. The van der Waals surface area contributed by atoms with Crippen LogP contribution in [0.25, 0.3) is 0 Å². The first kappa shape index (κ1) is 16.8. The number of hydrogen-bond donors (Lipinski definition) is 3. The molecule has 3 N–H and O–H groups in total. The maximum atomic E-state index is 12.4. The average molecular weight is 304 g/mol. The molecule has 1 aromatic rings. The van der Waals surface area contributed by atoms with Crippen molar-refractivity contribution in [2.24, 2.45) is 5.92 Å². The summed E-state index contributed by atoms with van der Waals surface area (Å²) in [6.45, 7) is 3.24. The molecule has 1 aromatic carbocycles. The summed E-state index contributed by atoms with van der Waals surface area (Å²) in [7, 11) is 0. The van der Waals surface area contributed by atoms with Gasteiger partial charge in [-0.3, -0.25) is 0 Å². The second-order valence-corrected chi connectivity index (χ2v) is 4.73. The molecule has 0 saturated heterocycles. The molecule has 0 aromatic heterocycles. The Morgan fingerprint density at radius 1 is 1.14 bits per heavy atom. The molecular weight excluding hydrogens is 289 g/mol. The molecule has 2 amide bonds. The maximum absolute atomic E-state index is 12.4. The van der Waals surface area contributed by atoms with E-state index in [-0.39, 0.29) is 11.6 Å². The van der Waals surface area contributed by atoms with Crippen LogP contribution >= 0.6 is 0 Å². The van der Waals surface area contributed by atoms with E-state index in [1.807, 2.05) is 0 Å².